The monoisotopic (exact) mass is 353 g/mol. The van der Waals surface area contributed by atoms with Crippen molar-refractivity contribution in [1.82, 2.24) is 25.1 Å². The molecule has 1 aromatic carbocycles. The van der Waals surface area contributed by atoms with Crippen molar-refractivity contribution in [2.75, 3.05) is 5.75 Å². The highest BCUT2D eigenvalue weighted by atomic mass is 32.2. The van der Waals surface area contributed by atoms with Gasteiger partial charge in [0.15, 0.2) is 11.0 Å². The van der Waals surface area contributed by atoms with Gasteiger partial charge in [-0.15, -0.1) is 10.2 Å². The second kappa shape index (κ2) is 5.91. The van der Waals surface area contributed by atoms with Crippen LogP contribution in [-0.2, 0) is 4.79 Å². The molecule has 1 amide bonds. The molecule has 5 rings (SSSR count). The number of H-pyrrole nitrogens is 1. The normalized spacial score (nSPS) is 17.1. The second-order valence-corrected chi connectivity index (χ2v) is 7.73. The van der Waals surface area contributed by atoms with Gasteiger partial charge in [0.2, 0.25) is 5.91 Å². The minimum absolute atomic E-state index is 0.0893. The van der Waals surface area contributed by atoms with Crippen LogP contribution in [0.4, 0.5) is 0 Å². The van der Waals surface area contributed by atoms with E-state index in [1.54, 1.807) is 0 Å². The van der Waals surface area contributed by atoms with Gasteiger partial charge in [0.1, 0.15) is 0 Å². The van der Waals surface area contributed by atoms with E-state index in [-0.39, 0.29) is 5.91 Å². The molecule has 2 aliphatic carbocycles. The van der Waals surface area contributed by atoms with Crippen LogP contribution in [-0.4, -0.2) is 37.5 Å². The first kappa shape index (κ1) is 15.0. The summed E-state index contributed by atoms with van der Waals surface area (Å²) in [5.74, 6) is 1.38. The number of thioether (sulfide) groups is 1. The van der Waals surface area contributed by atoms with E-state index in [9.17, 15) is 4.79 Å². The number of rotatable bonds is 6. The molecule has 2 saturated carbocycles. The number of benzene rings is 1. The van der Waals surface area contributed by atoms with E-state index in [1.807, 2.05) is 18.3 Å². The summed E-state index contributed by atoms with van der Waals surface area (Å²) in [5, 5.41) is 13.9. The minimum Gasteiger partial charge on any atom is -0.360 e. The minimum atomic E-state index is 0.0893. The Bertz CT molecular complexity index is 938. The van der Waals surface area contributed by atoms with Gasteiger partial charge in [-0.1, -0.05) is 30.0 Å². The standard InChI is InChI=1S/C18H19N5OS/c24-16(20-11-5-6-11)10-25-18-22-21-17(23(18)12-7-8-12)14-9-19-15-4-2-1-3-13(14)15/h1-4,9,11-12,19H,5-8,10H2,(H,20,24). The molecular formula is C18H19N5OS. The third kappa shape index (κ3) is 2.93. The van der Waals surface area contributed by atoms with Crippen LogP contribution in [0.25, 0.3) is 22.3 Å². The number of amides is 1. The van der Waals surface area contributed by atoms with Crippen LogP contribution >= 0.6 is 11.8 Å². The molecule has 2 fully saturated rings. The molecule has 7 heteroatoms. The van der Waals surface area contributed by atoms with Crippen LogP contribution < -0.4 is 5.32 Å². The van der Waals surface area contributed by atoms with Crippen molar-refractivity contribution in [2.24, 2.45) is 0 Å². The molecule has 2 N–H and O–H groups in total. The lowest BCUT2D eigenvalue weighted by atomic mass is 10.1. The van der Waals surface area contributed by atoms with Crippen LogP contribution in [0.3, 0.4) is 0 Å². The van der Waals surface area contributed by atoms with Gasteiger partial charge in [0.25, 0.3) is 0 Å². The maximum atomic E-state index is 12.0. The quantitative estimate of drug-likeness (QED) is 0.668. The SMILES string of the molecule is O=C(CSc1nnc(-c2c[nH]c3ccccc23)n1C1CC1)NC1CC1. The van der Waals surface area contributed by atoms with E-state index >= 15 is 0 Å². The zero-order valence-electron chi connectivity index (χ0n) is 13.7. The number of aromatic nitrogens is 4. The van der Waals surface area contributed by atoms with E-state index in [4.69, 9.17) is 0 Å². The van der Waals surface area contributed by atoms with Crippen molar-refractivity contribution in [1.29, 1.82) is 0 Å². The van der Waals surface area contributed by atoms with Crippen molar-refractivity contribution in [3.05, 3.63) is 30.5 Å². The molecule has 2 heterocycles. The molecular weight excluding hydrogens is 334 g/mol. The summed E-state index contributed by atoms with van der Waals surface area (Å²) >= 11 is 1.48. The van der Waals surface area contributed by atoms with Gasteiger partial charge in [-0.05, 0) is 31.7 Å². The van der Waals surface area contributed by atoms with Crippen LogP contribution in [0.1, 0.15) is 31.7 Å². The number of hydrogen-bond donors (Lipinski definition) is 2. The first-order valence-electron chi connectivity index (χ1n) is 8.73. The fourth-order valence-electron chi connectivity index (χ4n) is 3.10. The molecule has 2 aliphatic rings. The lowest BCUT2D eigenvalue weighted by molar-refractivity contribution is -0.118. The van der Waals surface area contributed by atoms with Gasteiger partial charge >= 0.3 is 0 Å². The number of nitrogens with one attached hydrogen (secondary N) is 2. The molecule has 3 aromatic rings. The van der Waals surface area contributed by atoms with Crippen molar-refractivity contribution < 1.29 is 4.79 Å². The summed E-state index contributed by atoms with van der Waals surface area (Å²) in [7, 11) is 0. The Morgan fingerprint density at radius 1 is 1.24 bits per heavy atom. The third-order valence-electron chi connectivity index (χ3n) is 4.68. The topological polar surface area (TPSA) is 75.6 Å². The Balaban J connectivity index is 1.44. The Hall–Kier alpha value is -2.28. The Labute approximate surface area is 149 Å². The average Bonchev–Trinajstić information content (AvgIpc) is 3.54. The average molecular weight is 353 g/mol. The highest BCUT2D eigenvalue weighted by Gasteiger charge is 2.31. The maximum Gasteiger partial charge on any atom is 0.230 e. The number of carbonyl (C=O) groups excluding carboxylic acids is 1. The largest absolute Gasteiger partial charge is 0.360 e. The fourth-order valence-corrected chi connectivity index (χ4v) is 3.92. The molecule has 2 aromatic heterocycles. The second-order valence-electron chi connectivity index (χ2n) is 6.79. The predicted molar refractivity (Wildman–Crippen MR) is 97.5 cm³/mol. The van der Waals surface area contributed by atoms with Gasteiger partial charge in [0, 0.05) is 34.7 Å². The summed E-state index contributed by atoms with van der Waals surface area (Å²) in [6.07, 6.45) is 6.52. The Morgan fingerprint density at radius 2 is 2.08 bits per heavy atom. The van der Waals surface area contributed by atoms with Crippen molar-refractivity contribution >= 4 is 28.6 Å². The lowest BCUT2D eigenvalue weighted by Crippen LogP contribution is -2.27. The van der Waals surface area contributed by atoms with Gasteiger partial charge < -0.3 is 10.3 Å². The number of para-hydroxylation sites is 1. The molecule has 0 saturated heterocycles. The molecule has 0 bridgehead atoms. The van der Waals surface area contributed by atoms with Gasteiger partial charge in [-0.3, -0.25) is 9.36 Å². The van der Waals surface area contributed by atoms with Crippen molar-refractivity contribution in [3.8, 4) is 11.4 Å². The summed E-state index contributed by atoms with van der Waals surface area (Å²) in [4.78, 5) is 15.3. The first-order chi connectivity index (χ1) is 12.3. The van der Waals surface area contributed by atoms with Crippen LogP contribution in [0.2, 0.25) is 0 Å². The fraction of sp³-hybridized carbons (Fsp3) is 0.389. The van der Waals surface area contributed by atoms with Crippen LogP contribution in [0.15, 0.2) is 35.6 Å². The number of aromatic amines is 1. The first-order valence-corrected chi connectivity index (χ1v) is 9.72. The molecule has 0 spiro atoms. The van der Waals surface area contributed by atoms with Crippen molar-refractivity contribution in [2.45, 2.75) is 42.9 Å². The summed E-state index contributed by atoms with van der Waals surface area (Å²) < 4.78 is 2.21. The third-order valence-corrected chi connectivity index (χ3v) is 5.62. The molecule has 0 radical (unpaired) electrons. The van der Waals surface area contributed by atoms with Crippen LogP contribution in [0.5, 0.6) is 0 Å². The van der Waals surface area contributed by atoms with Crippen LogP contribution in [0, 0.1) is 0 Å². The molecule has 0 unspecified atom stereocenters. The Morgan fingerprint density at radius 3 is 2.88 bits per heavy atom. The van der Waals surface area contributed by atoms with Crippen molar-refractivity contribution in [3.63, 3.8) is 0 Å². The summed E-state index contributed by atoms with van der Waals surface area (Å²) in [6.45, 7) is 0. The molecule has 0 atom stereocenters. The Kier molecular flexibility index (Phi) is 3.55. The van der Waals surface area contributed by atoms with E-state index < -0.39 is 0 Å². The highest BCUT2D eigenvalue weighted by molar-refractivity contribution is 7.99. The molecule has 0 aliphatic heterocycles. The van der Waals surface area contributed by atoms with Gasteiger partial charge in [-0.2, -0.15) is 0 Å². The zero-order chi connectivity index (χ0) is 16.8. The van der Waals surface area contributed by atoms with E-state index in [1.165, 1.54) is 11.8 Å². The number of fused-ring (bicyclic) bond motifs is 1. The smallest absolute Gasteiger partial charge is 0.230 e. The molecule has 25 heavy (non-hydrogen) atoms. The summed E-state index contributed by atoms with van der Waals surface area (Å²) in [6, 6.07) is 9.07. The lowest BCUT2D eigenvalue weighted by Gasteiger charge is -2.08. The number of hydrogen-bond acceptors (Lipinski definition) is 4. The maximum absolute atomic E-state index is 12.0. The number of carbonyl (C=O) groups is 1. The molecule has 6 nitrogen and oxygen atoms in total. The summed E-state index contributed by atoms with van der Waals surface area (Å²) in [5.41, 5.74) is 2.17. The van der Waals surface area contributed by atoms with E-state index in [0.29, 0.717) is 17.8 Å². The van der Waals surface area contributed by atoms with Gasteiger partial charge in [0.05, 0.1) is 5.75 Å². The number of nitrogens with zero attached hydrogens (tertiary/aromatic N) is 3. The predicted octanol–water partition coefficient (Wildman–Crippen LogP) is 3.13. The highest BCUT2D eigenvalue weighted by Crippen LogP contribution is 2.42. The molecule has 128 valence electrons. The van der Waals surface area contributed by atoms with E-state index in [2.05, 4.69) is 37.2 Å². The zero-order valence-corrected chi connectivity index (χ0v) is 14.6. The van der Waals surface area contributed by atoms with E-state index in [0.717, 1.165) is 53.1 Å². The van der Waals surface area contributed by atoms with Gasteiger partial charge in [-0.25, -0.2) is 0 Å².